The molecule has 0 fully saturated rings. The highest BCUT2D eigenvalue weighted by Gasteiger charge is 2.34. The first-order chi connectivity index (χ1) is 13.8. The van der Waals surface area contributed by atoms with Crippen molar-refractivity contribution >= 4 is 35.2 Å². The van der Waals surface area contributed by atoms with Crippen LogP contribution in [0.15, 0.2) is 51.5 Å². The molecule has 0 atom stereocenters. The van der Waals surface area contributed by atoms with Gasteiger partial charge in [0.05, 0.1) is 4.92 Å². The van der Waals surface area contributed by atoms with Gasteiger partial charge in [0.2, 0.25) is 0 Å². The number of nitrogens with zero attached hydrogens (tertiary/aromatic N) is 3. The van der Waals surface area contributed by atoms with E-state index in [0.717, 1.165) is 4.90 Å². The molecule has 29 heavy (non-hydrogen) atoms. The molecule has 0 saturated carbocycles. The summed E-state index contributed by atoms with van der Waals surface area (Å²) in [4.78, 5) is 36.3. The number of carbonyl (C=O) groups is 2. The Morgan fingerprint density at radius 2 is 2.00 bits per heavy atom. The fourth-order valence-electron chi connectivity index (χ4n) is 2.95. The zero-order valence-corrected chi connectivity index (χ0v) is 16.2. The molecule has 1 aliphatic heterocycles. The molecule has 0 N–H and O–H groups in total. The zero-order chi connectivity index (χ0) is 21.3. The van der Waals surface area contributed by atoms with E-state index in [1.165, 1.54) is 25.1 Å². The number of rotatable bonds is 4. The Morgan fingerprint density at radius 1 is 1.28 bits per heavy atom. The number of imide groups is 1. The average molecular weight is 412 g/mol. The summed E-state index contributed by atoms with van der Waals surface area (Å²) < 4.78 is 5.71. The molecule has 3 rings (SSSR count). The van der Waals surface area contributed by atoms with Crippen LogP contribution in [0.1, 0.15) is 19.6 Å². The first-order valence-electron chi connectivity index (χ1n) is 8.51. The molecular weight excluding hydrogens is 398 g/mol. The Bertz CT molecular complexity index is 1150. The molecule has 0 radical (unpaired) electrons. The van der Waals surface area contributed by atoms with Gasteiger partial charge in [0.1, 0.15) is 28.2 Å². The fraction of sp³-hybridized carbons (Fsp3) is 0.150. The third kappa shape index (κ3) is 3.56. The number of nitro groups is 1. The molecule has 146 valence electrons. The highest BCUT2D eigenvalue weighted by atomic mass is 35.5. The lowest BCUT2D eigenvalue weighted by Crippen LogP contribution is -2.42. The van der Waals surface area contributed by atoms with Crippen molar-refractivity contribution in [1.29, 1.82) is 5.26 Å². The SMILES string of the molecule is CCN1C(=O)C(C#N)=C(C)/C(=C\c2ccc(-c3ccc(Cl)c([N+](=O)[O-])c3)o2)C1=O. The number of hydrogen-bond acceptors (Lipinski definition) is 6. The minimum absolute atomic E-state index is 0.00886. The maximum absolute atomic E-state index is 12.6. The first kappa shape index (κ1) is 20.0. The Morgan fingerprint density at radius 3 is 2.62 bits per heavy atom. The maximum atomic E-state index is 12.6. The number of nitro benzene ring substituents is 1. The van der Waals surface area contributed by atoms with Crippen LogP contribution < -0.4 is 0 Å². The lowest BCUT2D eigenvalue weighted by Gasteiger charge is -2.25. The van der Waals surface area contributed by atoms with Crippen LogP contribution in [0.3, 0.4) is 0 Å². The second-order valence-electron chi connectivity index (χ2n) is 6.15. The molecule has 2 aromatic rings. The van der Waals surface area contributed by atoms with E-state index >= 15 is 0 Å². The van der Waals surface area contributed by atoms with E-state index in [9.17, 15) is 25.0 Å². The lowest BCUT2D eigenvalue weighted by molar-refractivity contribution is -0.384. The van der Waals surface area contributed by atoms with E-state index in [4.69, 9.17) is 16.0 Å². The Labute approximate surface area is 170 Å². The third-order valence-electron chi connectivity index (χ3n) is 4.48. The minimum Gasteiger partial charge on any atom is -0.457 e. The Balaban J connectivity index is 2.04. The van der Waals surface area contributed by atoms with Gasteiger partial charge in [-0.05, 0) is 49.8 Å². The van der Waals surface area contributed by atoms with Gasteiger partial charge < -0.3 is 4.42 Å². The van der Waals surface area contributed by atoms with E-state index in [1.54, 1.807) is 25.1 Å². The number of benzene rings is 1. The summed E-state index contributed by atoms with van der Waals surface area (Å²) in [6.07, 6.45) is 1.44. The summed E-state index contributed by atoms with van der Waals surface area (Å²) in [6, 6.07) is 9.30. The van der Waals surface area contributed by atoms with Crippen LogP contribution >= 0.6 is 11.6 Å². The molecular formula is C20H14ClN3O5. The average Bonchev–Trinajstić information content (AvgIpc) is 3.15. The van der Waals surface area contributed by atoms with Crippen molar-refractivity contribution in [2.45, 2.75) is 13.8 Å². The summed E-state index contributed by atoms with van der Waals surface area (Å²) >= 11 is 5.83. The lowest BCUT2D eigenvalue weighted by atomic mass is 9.95. The number of furan rings is 1. The second kappa shape index (κ2) is 7.73. The molecule has 0 spiro atoms. The molecule has 0 bridgehead atoms. The maximum Gasteiger partial charge on any atom is 0.288 e. The zero-order valence-electron chi connectivity index (χ0n) is 15.4. The Kier molecular flexibility index (Phi) is 5.35. The van der Waals surface area contributed by atoms with Crippen molar-refractivity contribution < 1.29 is 18.9 Å². The molecule has 9 heteroatoms. The van der Waals surface area contributed by atoms with Crippen molar-refractivity contribution in [1.82, 2.24) is 4.90 Å². The normalized spacial score (nSPS) is 15.8. The molecule has 1 aromatic heterocycles. The highest BCUT2D eigenvalue weighted by Crippen LogP contribution is 2.32. The first-order valence-corrected chi connectivity index (χ1v) is 8.89. The summed E-state index contributed by atoms with van der Waals surface area (Å²) in [6.45, 7) is 3.30. The Hall–Kier alpha value is -3.70. The third-order valence-corrected chi connectivity index (χ3v) is 4.80. The van der Waals surface area contributed by atoms with Crippen LogP contribution in [0.2, 0.25) is 5.02 Å². The summed E-state index contributed by atoms with van der Waals surface area (Å²) in [5.74, 6) is -0.509. The summed E-state index contributed by atoms with van der Waals surface area (Å²) in [5, 5.41) is 20.4. The summed E-state index contributed by atoms with van der Waals surface area (Å²) in [7, 11) is 0. The van der Waals surface area contributed by atoms with Gasteiger partial charge in [0, 0.05) is 23.7 Å². The molecule has 0 aliphatic carbocycles. The van der Waals surface area contributed by atoms with Crippen LogP contribution in [0.25, 0.3) is 17.4 Å². The number of hydrogen-bond donors (Lipinski definition) is 0. The van der Waals surface area contributed by atoms with Crippen molar-refractivity contribution in [3.05, 3.63) is 67.9 Å². The topological polar surface area (TPSA) is 117 Å². The van der Waals surface area contributed by atoms with Crippen LogP contribution in [-0.2, 0) is 9.59 Å². The van der Waals surface area contributed by atoms with Crippen molar-refractivity contribution in [3.8, 4) is 17.4 Å². The van der Waals surface area contributed by atoms with Crippen molar-refractivity contribution in [2.24, 2.45) is 0 Å². The summed E-state index contributed by atoms with van der Waals surface area (Å²) in [5.41, 5.74) is 0.532. The number of amides is 2. The molecule has 0 saturated heterocycles. The molecule has 1 aromatic carbocycles. The van der Waals surface area contributed by atoms with Gasteiger partial charge in [-0.15, -0.1) is 0 Å². The second-order valence-corrected chi connectivity index (χ2v) is 6.56. The van der Waals surface area contributed by atoms with Gasteiger partial charge >= 0.3 is 0 Å². The van der Waals surface area contributed by atoms with E-state index in [-0.39, 0.29) is 34.0 Å². The van der Waals surface area contributed by atoms with Crippen LogP contribution in [-0.4, -0.2) is 28.2 Å². The van der Waals surface area contributed by atoms with Crippen LogP contribution in [0.4, 0.5) is 5.69 Å². The number of carbonyl (C=O) groups excluding carboxylic acids is 2. The van der Waals surface area contributed by atoms with Gasteiger partial charge in [-0.1, -0.05) is 11.6 Å². The number of nitriles is 1. The fourth-order valence-corrected chi connectivity index (χ4v) is 3.14. The molecule has 1 aliphatic rings. The number of likely N-dealkylation sites (N-methyl/N-ethyl adjacent to an activating group) is 1. The quantitative estimate of drug-likeness (QED) is 0.323. The molecule has 0 unspecified atom stereocenters. The van der Waals surface area contributed by atoms with E-state index in [2.05, 4.69) is 0 Å². The van der Waals surface area contributed by atoms with Crippen molar-refractivity contribution in [2.75, 3.05) is 6.54 Å². The van der Waals surface area contributed by atoms with Crippen LogP contribution in [0, 0.1) is 21.4 Å². The predicted octanol–water partition coefficient (Wildman–Crippen LogP) is 4.12. The van der Waals surface area contributed by atoms with Gasteiger partial charge in [-0.3, -0.25) is 24.6 Å². The van der Waals surface area contributed by atoms with E-state index in [1.807, 2.05) is 6.07 Å². The molecule has 8 nitrogen and oxygen atoms in total. The highest BCUT2D eigenvalue weighted by molar-refractivity contribution is 6.32. The van der Waals surface area contributed by atoms with Gasteiger partial charge in [-0.2, -0.15) is 5.26 Å². The molecule has 2 heterocycles. The van der Waals surface area contributed by atoms with Crippen molar-refractivity contribution in [3.63, 3.8) is 0 Å². The minimum atomic E-state index is -0.622. The van der Waals surface area contributed by atoms with Gasteiger partial charge in [0.15, 0.2) is 0 Å². The monoisotopic (exact) mass is 411 g/mol. The number of halogens is 1. The van der Waals surface area contributed by atoms with Crippen LogP contribution in [0.5, 0.6) is 0 Å². The van der Waals surface area contributed by atoms with Gasteiger partial charge in [-0.25, -0.2) is 0 Å². The van der Waals surface area contributed by atoms with E-state index < -0.39 is 16.7 Å². The standard InChI is InChI=1S/C20H14ClN3O5/c1-3-23-19(25)14(11(2)15(10-22)20(23)26)9-13-5-7-18(29-13)12-4-6-16(21)17(8-12)24(27)28/h4-9H,3H2,1-2H3/b14-9+. The largest absolute Gasteiger partial charge is 0.457 e. The smallest absolute Gasteiger partial charge is 0.288 e. The van der Waals surface area contributed by atoms with E-state index in [0.29, 0.717) is 17.1 Å². The van der Waals surface area contributed by atoms with Gasteiger partial charge in [0.25, 0.3) is 17.5 Å². The molecule has 2 amide bonds. The predicted molar refractivity (Wildman–Crippen MR) is 104 cm³/mol.